The van der Waals surface area contributed by atoms with Gasteiger partial charge in [0.25, 0.3) is 0 Å². The Morgan fingerprint density at radius 1 is 1.40 bits per heavy atom. The van der Waals surface area contributed by atoms with Crippen LogP contribution in [0, 0.1) is 0 Å². The average Bonchev–Trinajstić information content (AvgIpc) is 2.01. The van der Waals surface area contributed by atoms with Crippen molar-refractivity contribution in [3.05, 3.63) is 12.3 Å². The number of rotatable bonds is 7. The molecule has 0 fully saturated rings. The van der Waals surface area contributed by atoms with Gasteiger partial charge in [0.1, 0.15) is 0 Å². The zero-order valence-corrected chi connectivity index (χ0v) is 9.11. The summed E-state index contributed by atoms with van der Waals surface area (Å²) in [4.78, 5) is 9.91. The molecule has 0 rings (SSSR count). The van der Waals surface area contributed by atoms with Gasteiger partial charge >= 0.3 is 13.8 Å². The number of carboxylic acid groups (broad SMARTS) is 1. The highest BCUT2D eigenvalue weighted by molar-refractivity contribution is 7.52. The third kappa shape index (κ3) is 9.27. The SMILES string of the molecule is C=C(O)CCOP(C)(=O)OCOC(=O)O. The number of hydrogen-bond donors (Lipinski definition) is 2. The van der Waals surface area contributed by atoms with E-state index in [0.717, 1.165) is 0 Å². The summed E-state index contributed by atoms with van der Waals surface area (Å²) < 4.78 is 24.6. The first-order valence-electron chi connectivity index (χ1n) is 3.92. The lowest BCUT2D eigenvalue weighted by atomic mass is 10.4. The summed E-state index contributed by atoms with van der Waals surface area (Å²) >= 11 is 0. The zero-order valence-electron chi connectivity index (χ0n) is 8.21. The summed E-state index contributed by atoms with van der Waals surface area (Å²) in [6, 6.07) is 0. The van der Waals surface area contributed by atoms with Gasteiger partial charge in [-0.25, -0.2) is 4.79 Å². The molecular formula is C7H13O7P. The number of aliphatic hydroxyl groups excluding tert-OH is 1. The Kier molecular flexibility index (Phi) is 6.00. The van der Waals surface area contributed by atoms with Crippen LogP contribution in [0.15, 0.2) is 12.3 Å². The fourth-order valence-electron chi connectivity index (χ4n) is 0.539. The molecule has 0 radical (unpaired) electrons. The molecule has 0 aliphatic rings. The minimum atomic E-state index is -3.35. The van der Waals surface area contributed by atoms with Crippen LogP contribution >= 0.6 is 7.60 Å². The van der Waals surface area contributed by atoms with Crippen LogP contribution in [0.5, 0.6) is 0 Å². The first-order chi connectivity index (χ1) is 6.83. The van der Waals surface area contributed by atoms with Gasteiger partial charge < -0.3 is 19.5 Å². The van der Waals surface area contributed by atoms with Crippen LogP contribution in [-0.4, -0.2) is 36.4 Å². The molecule has 0 aromatic rings. The van der Waals surface area contributed by atoms with Crippen LogP contribution in [0.3, 0.4) is 0 Å². The normalized spacial score (nSPS) is 14.2. The second-order valence-electron chi connectivity index (χ2n) is 2.58. The molecular weight excluding hydrogens is 227 g/mol. The van der Waals surface area contributed by atoms with Gasteiger partial charge in [0.15, 0.2) is 0 Å². The third-order valence-corrected chi connectivity index (χ3v) is 2.41. The first kappa shape index (κ1) is 14.0. The second-order valence-corrected chi connectivity index (χ2v) is 4.64. The smallest absolute Gasteiger partial charge is 0.507 e. The van der Waals surface area contributed by atoms with Crippen molar-refractivity contribution in [3.63, 3.8) is 0 Å². The van der Waals surface area contributed by atoms with Crippen LogP contribution in [0.2, 0.25) is 0 Å². The lowest BCUT2D eigenvalue weighted by Crippen LogP contribution is -2.05. The van der Waals surface area contributed by atoms with Crippen molar-refractivity contribution in [2.24, 2.45) is 0 Å². The van der Waals surface area contributed by atoms with Gasteiger partial charge in [0.05, 0.1) is 12.4 Å². The molecule has 0 spiro atoms. The van der Waals surface area contributed by atoms with Gasteiger partial charge in [0.2, 0.25) is 6.79 Å². The Bertz CT molecular complexity index is 251. The van der Waals surface area contributed by atoms with Crippen molar-refractivity contribution in [2.45, 2.75) is 6.42 Å². The second kappa shape index (κ2) is 6.44. The van der Waals surface area contributed by atoms with Crippen LogP contribution in [-0.2, 0) is 18.3 Å². The molecule has 0 amide bonds. The van der Waals surface area contributed by atoms with Crippen molar-refractivity contribution >= 4 is 13.8 Å². The molecule has 0 saturated carbocycles. The number of ether oxygens (including phenoxy) is 1. The van der Waals surface area contributed by atoms with Crippen molar-refractivity contribution in [1.82, 2.24) is 0 Å². The van der Waals surface area contributed by atoms with Crippen molar-refractivity contribution in [1.29, 1.82) is 0 Å². The zero-order chi connectivity index (χ0) is 11.9. The van der Waals surface area contributed by atoms with Gasteiger partial charge in [0, 0.05) is 13.1 Å². The van der Waals surface area contributed by atoms with Crippen LogP contribution in [0.25, 0.3) is 0 Å². The molecule has 0 aliphatic carbocycles. The molecule has 0 aromatic heterocycles. The van der Waals surface area contributed by atoms with Crippen molar-refractivity contribution in [3.8, 4) is 0 Å². The lowest BCUT2D eigenvalue weighted by Gasteiger charge is -2.12. The molecule has 0 saturated heterocycles. The third-order valence-electron chi connectivity index (χ3n) is 1.19. The van der Waals surface area contributed by atoms with E-state index < -0.39 is 20.5 Å². The molecule has 0 aliphatic heterocycles. The maximum absolute atomic E-state index is 11.3. The Morgan fingerprint density at radius 3 is 2.47 bits per heavy atom. The Balaban J connectivity index is 3.72. The van der Waals surface area contributed by atoms with E-state index in [9.17, 15) is 9.36 Å². The number of carbonyl (C=O) groups is 1. The van der Waals surface area contributed by atoms with Gasteiger partial charge in [-0.05, 0) is 0 Å². The van der Waals surface area contributed by atoms with E-state index in [0.29, 0.717) is 0 Å². The van der Waals surface area contributed by atoms with Crippen LogP contribution in [0.4, 0.5) is 4.79 Å². The summed E-state index contributed by atoms with van der Waals surface area (Å²) in [5.74, 6) is -0.100. The molecule has 7 nitrogen and oxygen atoms in total. The van der Waals surface area contributed by atoms with Gasteiger partial charge in [-0.2, -0.15) is 0 Å². The van der Waals surface area contributed by atoms with E-state index >= 15 is 0 Å². The summed E-state index contributed by atoms with van der Waals surface area (Å²) in [5.41, 5.74) is 0. The quantitative estimate of drug-likeness (QED) is 0.303. The predicted molar refractivity (Wildman–Crippen MR) is 50.9 cm³/mol. The predicted octanol–water partition coefficient (Wildman–Crippen LogP) is 1.96. The largest absolute Gasteiger partial charge is 0.513 e. The fraction of sp³-hybridized carbons (Fsp3) is 0.571. The summed E-state index contributed by atoms with van der Waals surface area (Å²) in [5, 5.41) is 16.8. The molecule has 15 heavy (non-hydrogen) atoms. The molecule has 0 aromatic carbocycles. The molecule has 0 bridgehead atoms. The van der Waals surface area contributed by atoms with Gasteiger partial charge in [-0.3, -0.25) is 9.09 Å². The van der Waals surface area contributed by atoms with E-state index in [4.69, 9.17) is 14.7 Å². The fourth-order valence-corrected chi connectivity index (χ4v) is 1.28. The summed E-state index contributed by atoms with van der Waals surface area (Å²) in [6.07, 6.45) is -1.40. The lowest BCUT2D eigenvalue weighted by molar-refractivity contribution is 0.0187. The van der Waals surface area contributed by atoms with E-state index in [1.807, 2.05) is 0 Å². The number of hydrogen-bond acceptors (Lipinski definition) is 6. The Morgan fingerprint density at radius 2 is 2.00 bits per heavy atom. The molecule has 1 atom stereocenters. The van der Waals surface area contributed by atoms with E-state index in [1.54, 1.807) is 0 Å². The monoisotopic (exact) mass is 240 g/mol. The highest BCUT2D eigenvalue weighted by Gasteiger charge is 2.17. The van der Waals surface area contributed by atoms with Gasteiger partial charge in [-0.1, -0.05) is 6.58 Å². The molecule has 2 N–H and O–H groups in total. The topological polar surface area (TPSA) is 102 Å². The average molecular weight is 240 g/mol. The van der Waals surface area contributed by atoms with Crippen molar-refractivity contribution < 1.29 is 33.4 Å². The molecule has 1 unspecified atom stereocenters. The van der Waals surface area contributed by atoms with E-state index in [-0.39, 0.29) is 18.8 Å². The molecule has 0 heterocycles. The highest BCUT2D eigenvalue weighted by Crippen LogP contribution is 2.43. The van der Waals surface area contributed by atoms with E-state index in [2.05, 4.69) is 15.8 Å². The minimum Gasteiger partial charge on any atom is -0.513 e. The van der Waals surface area contributed by atoms with Gasteiger partial charge in [-0.15, -0.1) is 0 Å². The number of aliphatic hydroxyl groups is 1. The van der Waals surface area contributed by atoms with Crippen molar-refractivity contribution in [2.75, 3.05) is 20.1 Å². The van der Waals surface area contributed by atoms with E-state index in [1.165, 1.54) is 6.66 Å². The Hall–Kier alpha value is -1.04. The first-order valence-corrected chi connectivity index (χ1v) is 5.91. The summed E-state index contributed by atoms with van der Waals surface area (Å²) in [6.45, 7) is 3.67. The van der Waals surface area contributed by atoms with Crippen LogP contribution < -0.4 is 0 Å². The standard InChI is InChI=1S/C7H13O7P/c1-6(8)3-4-13-15(2,11)14-5-12-7(9)10/h8H,1,3-5H2,2H3,(H,9,10). The molecule has 88 valence electrons. The maximum Gasteiger partial charge on any atom is 0.507 e. The minimum absolute atomic E-state index is 0.0316. The van der Waals surface area contributed by atoms with Crippen LogP contribution in [0.1, 0.15) is 6.42 Å². The molecule has 8 heteroatoms. The maximum atomic E-state index is 11.3. The summed E-state index contributed by atoms with van der Waals surface area (Å²) in [7, 11) is -3.35. The highest BCUT2D eigenvalue weighted by atomic mass is 31.2. The Labute approximate surface area is 86.8 Å².